The largest absolute Gasteiger partial charge is 0.394 e. The van der Waals surface area contributed by atoms with Gasteiger partial charge in [0.1, 0.15) is 0 Å². The maximum Gasteiger partial charge on any atom is 0.0381 e. The van der Waals surface area contributed by atoms with Crippen LogP contribution in [0.2, 0.25) is 0 Å². The molecule has 2 bridgehead atoms. The van der Waals surface area contributed by atoms with E-state index in [-0.39, 0.29) is 25.5 Å². The molecule has 0 saturated carbocycles. The fourth-order valence-electron chi connectivity index (χ4n) is 6.07. The fraction of sp³-hybridized carbons (Fsp3) is 0.111. The first-order chi connectivity index (χ1) is 23.3. The van der Waals surface area contributed by atoms with Gasteiger partial charge in [-0.2, -0.15) is 0 Å². The summed E-state index contributed by atoms with van der Waals surface area (Å²) >= 11 is 0. The maximum atomic E-state index is 4.81. The first-order valence-corrected chi connectivity index (χ1v) is 16.3. The van der Waals surface area contributed by atoms with Crippen LogP contribution in [0.1, 0.15) is 31.9 Å². The van der Waals surface area contributed by atoms with E-state index >= 15 is 0 Å². The molecular weight excluding hydrogens is 775 g/mol. The molecular formula is C45H37IrN3-2. The molecule has 4 heteroatoms. The molecule has 1 radical (unpaired) electrons. The van der Waals surface area contributed by atoms with E-state index in [4.69, 9.17) is 4.98 Å². The van der Waals surface area contributed by atoms with Crippen LogP contribution in [-0.2, 0) is 25.5 Å². The van der Waals surface area contributed by atoms with Crippen molar-refractivity contribution in [3.8, 4) is 55.9 Å². The van der Waals surface area contributed by atoms with Gasteiger partial charge in [0.15, 0.2) is 0 Å². The molecule has 7 aromatic rings. The topological polar surface area (TPSA) is 37.8 Å². The second kappa shape index (κ2) is 14.5. The van der Waals surface area contributed by atoms with Crippen LogP contribution in [0.25, 0.3) is 55.9 Å². The van der Waals surface area contributed by atoms with E-state index in [1.54, 1.807) is 6.20 Å². The maximum absolute atomic E-state index is 4.81. The Morgan fingerprint density at radius 1 is 0.571 bits per heavy atom. The van der Waals surface area contributed by atoms with Gasteiger partial charge in [0.05, 0.1) is 0 Å². The molecule has 5 aromatic carbocycles. The van der Waals surface area contributed by atoms with Crippen LogP contribution in [0.3, 0.4) is 0 Å². The summed E-state index contributed by atoms with van der Waals surface area (Å²) in [6.07, 6.45) is 3.74. The van der Waals surface area contributed by atoms with Crippen LogP contribution in [0.4, 0.5) is 11.4 Å². The Morgan fingerprint density at radius 2 is 1.29 bits per heavy atom. The van der Waals surface area contributed by atoms with E-state index in [0.717, 1.165) is 39.5 Å². The molecule has 2 aromatic heterocycles. The zero-order valence-electron chi connectivity index (χ0n) is 28.1. The summed E-state index contributed by atoms with van der Waals surface area (Å²) in [6.45, 7) is 9.09. The second-order valence-corrected chi connectivity index (χ2v) is 13.1. The average molecular weight is 812 g/mol. The van der Waals surface area contributed by atoms with Gasteiger partial charge in [-0.15, -0.1) is 59.7 Å². The molecule has 0 fully saturated rings. The number of fused-ring (bicyclic) bond motifs is 6. The molecule has 1 aliphatic heterocycles. The average Bonchev–Trinajstić information content (AvgIpc) is 3.13. The Hall–Kier alpha value is -5.15. The number of benzene rings is 5. The number of anilines is 2. The molecule has 8 rings (SSSR count). The molecule has 0 amide bonds. The molecule has 0 spiro atoms. The third-order valence-electron chi connectivity index (χ3n) is 8.80. The minimum absolute atomic E-state index is 0. The van der Waals surface area contributed by atoms with Gasteiger partial charge < -0.3 is 15.3 Å². The number of hydrogen-bond acceptors (Lipinski definition) is 3. The Bertz CT molecular complexity index is 2130. The van der Waals surface area contributed by atoms with Crippen LogP contribution >= 0.6 is 0 Å². The number of para-hydroxylation sites is 1. The summed E-state index contributed by atoms with van der Waals surface area (Å²) in [6, 6.07) is 52.5. The number of aromatic nitrogens is 2. The van der Waals surface area contributed by atoms with Gasteiger partial charge in [-0.3, -0.25) is 0 Å². The molecule has 0 saturated heterocycles. The first-order valence-electron chi connectivity index (χ1n) is 16.3. The second-order valence-electron chi connectivity index (χ2n) is 13.1. The van der Waals surface area contributed by atoms with Crippen molar-refractivity contribution in [1.82, 2.24) is 9.97 Å². The zero-order valence-corrected chi connectivity index (χ0v) is 30.5. The van der Waals surface area contributed by atoms with Crippen LogP contribution in [0, 0.1) is 19.1 Å². The van der Waals surface area contributed by atoms with E-state index < -0.39 is 0 Å². The smallest absolute Gasteiger partial charge is 0.0381 e. The van der Waals surface area contributed by atoms with Gasteiger partial charge in [0, 0.05) is 43.7 Å². The first kappa shape index (κ1) is 33.7. The summed E-state index contributed by atoms with van der Waals surface area (Å²) in [5, 5.41) is 3.70. The van der Waals surface area contributed by atoms with Crippen LogP contribution in [0.5, 0.6) is 0 Å². The summed E-state index contributed by atoms with van der Waals surface area (Å²) in [5.41, 5.74) is 16.0. The molecule has 1 N–H and O–H groups in total. The van der Waals surface area contributed by atoms with Crippen LogP contribution in [-0.4, -0.2) is 9.97 Å². The molecule has 0 aliphatic carbocycles. The Morgan fingerprint density at radius 3 is 1.98 bits per heavy atom. The predicted molar refractivity (Wildman–Crippen MR) is 200 cm³/mol. The van der Waals surface area contributed by atoms with Crippen molar-refractivity contribution in [1.29, 1.82) is 0 Å². The molecule has 0 atom stereocenters. The van der Waals surface area contributed by atoms with Crippen molar-refractivity contribution < 1.29 is 20.1 Å². The Kier molecular flexibility index (Phi) is 10.0. The van der Waals surface area contributed by atoms with Gasteiger partial charge >= 0.3 is 0 Å². The minimum Gasteiger partial charge on any atom is -0.394 e. The standard InChI is InChI=1S/C34H29N2.C11H8N.Ir/c1-22-28-19-26(34(2,3)4)20-29(22)30-18-24(14-17-33(30)36-32-13-9-8-12-27(28)32)31-16-15-25(21-35-31)23-10-6-5-7-11-23;1-2-6-10(7-3-1)11-8-4-5-9-12-11;/h5-13,15-21,36H,1-4H3;1-6,8-9H;/q2*-1;. The third kappa shape index (κ3) is 7.32. The minimum atomic E-state index is 0. The number of hydrogen-bond donors (Lipinski definition) is 1. The summed E-state index contributed by atoms with van der Waals surface area (Å²) in [5.74, 6) is 0. The van der Waals surface area contributed by atoms with E-state index in [9.17, 15) is 0 Å². The number of nitrogens with one attached hydrogen (secondary N) is 1. The third-order valence-corrected chi connectivity index (χ3v) is 8.80. The molecule has 0 unspecified atom stereocenters. The van der Waals surface area contributed by atoms with Gasteiger partial charge in [0.25, 0.3) is 0 Å². The van der Waals surface area contributed by atoms with Crippen molar-refractivity contribution in [3.63, 3.8) is 0 Å². The molecule has 3 nitrogen and oxygen atoms in total. The van der Waals surface area contributed by atoms with E-state index in [1.165, 1.54) is 38.9 Å². The number of nitrogens with zero attached hydrogens (tertiary/aromatic N) is 2. The van der Waals surface area contributed by atoms with Crippen LogP contribution < -0.4 is 5.32 Å². The quantitative estimate of drug-likeness (QED) is 0.181. The van der Waals surface area contributed by atoms with Crippen molar-refractivity contribution >= 4 is 11.4 Å². The molecule has 1 aliphatic rings. The summed E-state index contributed by atoms with van der Waals surface area (Å²) < 4.78 is 0. The summed E-state index contributed by atoms with van der Waals surface area (Å²) in [4.78, 5) is 9.03. The van der Waals surface area contributed by atoms with Crippen molar-refractivity contribution in [2.24, 2.45) is 0 Å². The molecule has 49 heavy (non-hydrogen) atoms. The summed E-state index contributed by atoms with van der Waals surface area (Å²) in [7, 11) is 0. The van der Waals surface area contributed by atoms with E-state index in [1.807, 2.05) is 54.7 Å². The SMILES string of the molecule is Cc1c2cc(C(C)(C)C)cc1-c1cc(-c3ccc(-c4ccccc4)cn3)[c-]cc1Nc1ccccc1-2.[Ir].[c-]1ccccc1-c1ccccn1. The van der Waals surface area contributed by atoms with Gasteiger partial charge in [0.2, 0.25) is 0 Å². The Balaban J connectivity index is 0.000000270. The van der Waals surface area contributed by atoms with Crippen molar-refractivity contribution in [2.45, 2.75) is 33.1 Å². The molecule has 3 heterocycles. The molecule has 243 valence electrons. The van der Waals surface area contributed by atoms with Gasteiger partial charge in [-0.1, -0.05) is 111 Å². The van der Waals surface area contributed by atoms with Crippen molar-refractivity contribution in [2.75, 3.05) is 5.32 Å². The predicted octanol–water partition coefficient (Wildman–Crippen LogP) is 11.8. The van der Waals surface area contributed by atoms with Gasteiger partial charge in [-0.05, 0) is 74.9 Å². The van der Waals surface area contributed by atoms with E-state index in [0.29, 0.717) is 0 Å². The normalized spacial score (nSPS) is 11.3. The van der Waals surface area contributed by atoms with E-state index in [2.05, 4.69) is 135 Å². The zero-order chi connectivity index (χ0) is 33.1. The monoisotopic (exact) mass is 812 g/mol. The fourth-order valence-corrected chi connectivity index (χ4v) is 6.07. The van der Waals surface area contributed by atoms with Crippen LogP contribution in [0.15, 0.2) is 146 Å². The number of pyridine rings is 2. The van der Waals surface area contributed by atoms with Crippen molar-refractivity contribution in [3.05, 3.63) is 169 Å². The number of rotatable bonds is 3. The van der Waals surface area contributed by atoms with Gasteiger partial charge in [-0.25, -0.2) is 0 Å². The Labute approximate surface area is 303 Å².